The maximum Gasteiger partial charge on any atom is 0.326 e. The molecule has 1 atom stereocenters. The number of methoxy groups -OCH3 is 1. The largest absolute Gasteiger partial charge is 0.480 e. The predicted molar refractivity (Wildman–Crippen MR) is 80.3 cm³/mol. The minimum atomic E-state index is -1.18. The Balaban J connectivity index is 2.27. The predicted octanol–water partition coefficient (Wildman–Crippen LogP) is 1.30. The lowest BCUT2D eigenvalue weighted by atomic mass is 10.1. The number of carbonyl (C=O) groups is 2. The lowest BCUT2D eigenvalue weighted by Gasteiger charge is -2.13. The molecule has 0 saturated heterocycles. The lowest BCUT2D eigenvalue weighted by Crippen LogP contribution is -2.41. The van der Waals surface area contributed by atoms with Gasteiger partial charge in [0.1, 0.15) is 6.04 Å². The molecule has 0 saturated carbocycles. The summed E-state index contributed by atoms with van der Waals surface area (Å²) >= 11 is 0. The van der Waals surface area contributed by atoms with Gasteiger partial charge in [0.05, 0.1) is 10.5 Å². The van der Waals surface area contributed by atoms with Crippen molar-refractivity contribution in [3.05, 3.63) is 40.1 Å². The first-order chi connectivity index (χ1) is 10.9. The first-order valence-electron chi connectivity index (χ1n) is 6.72. The number of non-ortho nitro benzene ring substituents is 1. The normalized spacial score (nSPS) is 12.0. The highest BCUT2D eigenvalue weighted by Gasteiger charge is 2.22. The van der Waals surface area contributed by atoms with E-state index < -0.39 is 22.8 Å². The quantitative estimate of drug-likeness (QED) is 0.519. The zero-order valence-electron chi connectivity index (χ0n) is 12.2. The van der Waals surface area contributed by atoms with Gasteiger partial charge in [-0.1, -0.05) is 0 Å². The van der Waals surface area contributed by atoms with E-state index in [0.717, 1.165) is 0 Å². The van der Waals surface area contributed by atoms with Gasteiger partial charge >= 0.3 is 5.97 Å². The van der Waals surface area contributed by atoms with E-state index in [2.05, 4.69) is 10.3 Å². The number of amides is 1. The number of ether oxygens (including phenoxy) is 1. The zero-order valence-corrected chi connectivity index (χ0v) is 12.2. The van der Waals surface area contributed by atoms with Crippen molar-refractivity contribution in [3.8, 4) is 0 Å². The molecule has 0 aliphatic rings. The highest BCUT2D eigenvalue weighted by atomic mass is 16.6. The highest BCUT2D eigenvalue weighted by Crippen LogP contribution is 2.23. The van der Waals surface area contributed by atoms with Crippen molar-refractivity contribution in [2.75, 3.05) is 13.7 Å². The molecule has 0 spiro atoms. The fourth-order valence-corrected chi connectivity index (χ4v) is 2.14. The van der Waals surface area contributed by atoms with Crippen molar-refractivity contribution >= 4 is 28.5 Å². The number of nitrogens with zero attached hydrogens (tertiary/aromatic N) is 1. The van der Waals surface area contributed by atoms with Crippen molar-refractivity contribution in [1.29, 1.82) is 0 Å². The Labute approximate surface area is 130 Å². The van der Waals surface area contributed by atoms with Crippen LogP contribution in [-0.2, 0) is 9.53 Å². The number of benzene rings is 1. The lowest BCUT2D eigenvalue weighted by molar-refractivity contribution is -0.384. The van der Waals surface area contributed by atoms with Crippen LogP contribution in [0.15, 0.2) is 24.4 Å². The van der Waals surface area contributed by atoms with Crippen molar-refractivity contribution in [2.45, 2.75) is 12.5 Å². The molecule has 0 radical (unpaired) electrons. The summed E-state index contributed by atoms with van der Waals surface area (Å²) in [5, 5.41) is 22.7. The maximum atomic E-state index is 12.3. The number of nitro groups is 1. The van der Waals surface area contributed by atoms with E-state index in [1.807, 2.05) is 0 Å². The van der Waals surface area contributed by atoms with Crippen LogP contribution in [0, 0.1) is 10.1 Å². The monoisotopic (exact) mass is 321 g/mol. The van der Waals surface area contributed by atoms with Gasteiger partial charge in [-0.25, -0.2) is 4.79 Å². The molecule has 1 aromatic heterocycles. The highest BCUT2D eigenvalue weighted by molar-refractivity contribution is 6.08. The Morgan fingerprint density at radius 2 is 2.22 bits per heavy atom. The molecule has 1 aromatic carbocycles. The van der Waals surface area contributed by atoms with Crippen LogP contribution in [0.3, 0.4) is 0 Å². The molecular formula is C14H15N3O6. The van der Waals surface area contributed by atoms with Crippen LogP contribution in [0.2, 0.25) is 0 Å². The number of H-pyrrole nitrogens is 1. The number of carbonyl (C=O) groups excluding carboxylic acids is 1. The molecule has 1 amide bonds. The van der Waals surface area contributed by atoms with Crippen molar-refractivity contribution in [1.82, 2.24) is 10.3 Å². The summed E-state index contributed by atoms with van der Waals surface area (Å²) in [5.74, 6) is -1.80. The molecule has 2 rings (SSSR count). The number of aromatic amines is 1. The van der Waals surface area contributed by atoms with E-state index in [9.17, 15) is 19.7 Å². The second-order valence-electron chi connectivity index (χ2n) is 4.84. The third-order valence-electron chi connectivity index (χ3n) is 3.33. The topological polar surface area (TPSA) is 135 Å². The van der Waals surface area contributed by atoms with E-state index in [1.54, 1.807) is 0 Å². The maximum absolute atomic E-state index is 12.3. The number of fused-ring (bicyclic) bond motifs is 1. The second-order valence-corrected chi connectivity index (χ2v) is 4.84. The van der Waals surface area contributed by atoms with Crippen LogP contribution >= 0.6 is 0 Å². The fourth-order valence-electron chi connectivity index (χ4n) is 2.14. The summed E-state index contributed by atoms with van der Waals surface area (Å²) in [6, 6.07) is 2.97. The SMILES string of the molecule is COCCC(NC(=O)c1c[nH]c2ccc([N+](=O)[O-])cc12)C(=O)O. The van der Waals surface area contributed by atoms with Gasteiger partial charge in [0.25, 0.3) is 11.6 Å². The van der Waals surface area contributed by atoms with Crippen molar-refractivity contribution in [2.24, 2.45) is 0 Å². The Morgan fingerprint density at radius 3 is 2.83 bits per heavy atom. The summed E-state index contributed by atoms with van der Waals surface area (Å²) in [5.41, 5.74) is 0.539. The van der Waals surface area contributed by atoms with Gasteiger partial charge in [0.2, 0.25) is 0 Å². The molecule has 0 fully saturated rings. The van der Waals surface area contributed by atoms with Crippen molar-refractivity contribution < 1.29 is 24.4 Å². The molecule has 3 N–H and O–H groups in total. The van der Waals surface area contributed by atoms with Crippen LogP contribution < -0.4 is 5.32 Å². The molecule has 0 aliphatic heterocycles. The van der Waals surface area contributed by atoms with Gasteiger partial charge in [-0.2, -0.15) is 0 Å². The first kappa shape index (κ1) is 16.4. The smallest absolute Gasteiger partial charge is 0.326 e. The molecule has 1 unspecified atom stereocenters. The summed E-state index contributed by atoms with van der Waals surface area (Å²) in [7, 11) is 1.43. The average Bonchev–Trinajstić information content (AvgIpc) is 2.93. The second kappa shape index (κ2) is 6.88. The van der Waals surface area contributed by atoms with Crippen LogP contribution in [0.4, 0.5) is 5.69 Å². The number of carboxylic acid groups (broad SMARTS) is 1. The number of hydrogen-bond donors (Lipinski definition) is 3. The number of hydrogen-bond acceptors (Lipinski definition) is 5. The van der Waals surface area contributed by atoms with Crippen LogP contribution in [0.1, 0.15) is 16.8 Å². The number of aromatic nitrogens is 1. The van der Waals surface area contributed by atoms with Gasteiger partial charge in [-0.05, 0) is 6.07 Å². The third-order valence-corrected chi connectivity index (χ3v) is 3.33. The molecule has 23 heavy (non-hydrogen) atoms. The van der Waals surface area contributed by atoms with Crippen LogP contribution in [-0.4, -0.2) is 46.6 Å². The number of nitro benzene ring substituents is 1. The van der Waals surface area contributed by atoms with Crippen LogP contribution in [0.25, 0.3) is 10.9 Å². The van der Waals surface area contributed by atoms with E-state index in [4.69, 9.17) is 9.84 Å². The molecule has 1 heterocycles. The molecule has 9 nitrogen and oxygen atoms in total. The number of rotatable bonds is 7. The molecule has 0 bridgehead atoms. The van der Waals surface area contributed by atoms with Crippen molar-refractivity contribution in [3.63, 3.8) is 0 Å². The Bertz CT molecular complexity index is 754. The molecular weight excluding hydrogens is 306 g/mol. The van der Waals surface area contributed by atoms with Gasteiger partial charge in [-0.15, -0.1) is 0 Å². The third kappa shape index (κ3) is 3.64. The average molecular weight is 321 g/mol. The van der Waals surface area contributed by atoms with E-state index in [0.29, 0.717) is 10.9 Å². The number of aliphatic carboxylic acids is 1. The summed E-state index contributed by atoms with van der Waals surface area (Å²) in [6.07, 6.45) is 1.50. The Morgan fingerprint density at radius 1 is 1.48 bits per heavy atom. The molecule has 9 heteroatoms. The standard InChI is InChI=1S/C14H15N3O6/c1-23-5-4-12(14(19)20)16-13(18)10-7-15-11-3-2-8(17(21)22)6-9(10)11/h2-3,6-7,12,15H,4-5H2,1H3,(H,16,18)(H,19,20). The van der Waals surface area contributed by atoms with E-state index >= 15 is 0 Å². The minimum Gasteiger partial charge on any atom is -0.480 e. The molecule has 122 valence electrons. The first-order valence-corrected chi connectivity index (χ1v) is 6.72. The number of carboxylic acids is 1. The zero-order chi connectivity index (χ0) is 17.0. The van der Waals surface area contributed by atoms with E-state index in [-0.39, 0.29) is 24.3 Å². The van der Waals surface area contributed by atoms with Gasteiger partial charge < -0.3 is 20.1 Å². The number of nitrogens with one attached hydrogen (secondary N) is 2. The summed E-state index contributed by atoms with van der Waals surface area (Å²) < 4.78 is 4.81. The van der Waals surface area contributed by atoms with Gasteiger partial charge in [0.15, 0.2) is 0 Å². The molecule has 0 aliphatic carbocycles. The molecule has 2 aromatic rings. The Hall–Kier alpha value is -2.94. The summed E-state index contributed by atoms with van der Waals surface area (Å²) in [4.78, 5) is 36.5. The van der Waals surface area contributed by atoms with Gasteiger partial charge in [0, 0.05) is 49.4 Å². The summed E-state index contributed by atoms with van der Waals surface area (Å²) in [6.45, 7) is 0.177. The van der Waals surface area contributed by atoms with E-state index in [1.165, 1.54) is 31.5 Å². The van der Waals surface area contributed by atoms with Gasteiger partial charge in [-0.3, -0.25) is 14.9 Å². The Kier molecular flexibility index (Phi) is 4.91. The fraction of sp³-hybridized carbons (Fsp3) is 0.286. The van der Waals surface area contributed by atoms with Crippen LogP contribution in [0.5, 0.6) is 0 Å². The minimum absolute atomic E-state index is 0.111.